The van der Waals surface area contributed by atoms with Gasteiger partial charge in [0, 0.05) is 32.2 Å². The first kappa shape index (κ1) is 24.0. The van der Waals surface area contributed by atoms with E-state index in [0.29, 0.717) is 45.0 Å². The fourth-order valence-corrected chi connectivity index (χ4v) is 3.25. The zero-order valence-electron chi connectivity index (χ0n) is 16.1. The van der Waals surface area contributed by atoms with E-state index >= 15 is 0 Å². The summed E-state index contributed by atoms with van der Waals surface area (Å²) in [7, 11) is 0. The van der Waals surface area contributed by atoms with Gasteiger partial charge in [-0.2, -0.15) is 0 Å². The van der Waals surface area contributed by atoms with Crippen LogP contribution in [0.25, 0.3) is 0 Å². The van der Waals surface area contributed by atoms with Gasteiger partial charge in [-0.05, 0) is 50.5 Å². The van der Waals surface area contributed by atoms with Crippen molar-refractivity contribution in [2.75, 3.05) is 39.3 Å². The smallest absolute Gasteiger partial charge is 0.317 e. The number of piperidine rings is 1. The number of hydrogen-bond donors (Lipinski definition) is 2. The van der Waals surface area contributed by atoms with E-state index in [2.05, 4.69) is 5.32 Å². The van der Waals surface area contributed by atoms with Gasteiger partial charge in [-0.3, -0.25) is 9.69 Å². The van der Waals surface area contributed by atoms with Crippen molar-refractivity contribution in [3.05, 3.63) is 30.1 Å². The molecule has 2 rings (SSSR count). The maximum atomic E-state index is 12.9. The summed E-state index contributed by atoms with van der Waals surface area (Å²) in [5.41, 5.74) is 0. The molecular formula is C19H29ClFN3O4. The summed E-state index contributed by atoms with van der Waals surface area (Å²) >= 11 is 0. The van der Waals surface area contributed by atoms with Gasteiger partial charge >= 0.3 is 12.0 Å². The number of ether oxygens (including phenoxy) is 1. The van der Waals surface area contributed by atoms with Crippen LogP contribution in [0.3, 0.4) is 0 Å². The molecule has 9 heteroatoms. The third-order valence-corrected chi connectivity index (χ3v) is 4.61. The molecule has 1 aromatic rings. The second-order valence-electron chi connectivity index (χ2n) is 6.57. The Morgan fingerprint density at radius 3 is 2.50 bits per heavy atom. The third kappa shape index (κ3) is 7.90. The summed E-state index contributed by atoms with van der Waals surface area (Å²) in [6.45, 7) is 4.73. The third-order valence-electron chi connectivity index (χ3n) is 4.61. The van der Waals surface area contributed by atoms with Gasteiger partial charge in [-0.1, -0.05) is 0 Å². The molecule has 0 aromatic heterocycles. The van der Waals surface area contributed by atoms with Crippen LogP contribution in [0.2, 0.25) is 0 Å². The SMILES string of the molecule is CCNC(=O)N1CCC(N(CCCOc2ccc(F)cc2)CC(=O)O)CC1.Cl. The number of carbonyl (C=O) groups excluding carboxylic acids is 1. The van der Waals surface area contributed by atoms with Crippen LogP contribution in [-0.4, -0.2) is 72.3 Å². The van der Waals surface area contributed by atoms with E-state index in [1.807, 2.05) is 11.8 Å². The molecule has 1 saturated heterocycles. The number of hydrogen-bond acceptors (Lipinski definition) is 4. The summed E-state index contributed by atoms with van der Waals surface area (Å²) < 4.78 is 18.5. The van der Waals surface area contributed by atoms with E-state index < -0.39 is 5.97 Å². The van der Waals surface area contributed by atoms with E-state index in [-0.39, 0.29) is 36.8 Å². The number of nitrogens with one attached hydrogen (secondary N) is 1. The lowest BCUT2D eigenvalue weighted by atomic mass is 10.0. The molecule has 0 unspecified atom stereocenters. The van der Waals surface area contributed by atoms with E-state index in [0.717, 1.165) is 12.8 Å². The Hall–Kier alpha value is -2.06. The largest absolute Gasteiger partial charge is 0.494 e. The van der Waals surface area contributed by atoms with E-state index in [1.54, 1.807) is 17.0 Å². The summed E-state index contributed by atoms with van der Waals surface area (Å²) in [6, 6.07) is 5.90. The van der Waals surface area contributed by atoms with Crippen molar-refractivity contribution in [1.82, 2.24) is 15.1 Å². The van der Waals surface area contributed by atoms with Crippen molar-refractivity contribution in [2.45, 2.75) is 32.2 Å². The van der Waals surface area contributed by atoms with Gasteiger partial charge in [0.2, 0.25) is 0 Å². The fraction of sp³-hybridized carbons (Fsp3) is 0.579. The number of likely N-dealkylation sites (tertiary alicyclic amines) is 1. The van der Waals surface area contributed by atoms with Crippen molar-refractivity contribution in [2.24, 2.45) is 0 Å². The minimum absolute atomic E-state index is 0. The summed E-state index contributed by atoms with van der Waals surface area (Å²) in [6.07, 6.45) is 2.17. The van der Waals surface area contributed by atoms with Crippen molar-refractivity contribution in [1.29, 1.82) is 0 Å². The van der Waals surface area contributed by atoms with Gasteiger partial charge in [0.15, 0.2) is 0 Å². The number of nitrogens with zero attached hydrogens (tertiary/aromatic N) is 2. The molecule has 7 nitrogen and oxygen atoms in total. The molecule has 1 fully saturated rings. The average Bonchev–Trinajstić information content (AvgIpc) is 2.65. The van der Waals surface area contributed by atoms with Gasteiger partial charge in [0.05, 0.1) is 13.2 Å². The molecule has 1 heterocycles. The molecule has 1 aromatic carbocycles. The van der Waals surface area contributed by atoms with Crippen LogP contribution in [0, 0.1) is 5.82 Å². The molecule has 28 heavy (non-hydrogen) atoms. The van der Waals surface area contributed by atoms with Gasteiger partial charge < -0.3 is 20.1 Å². The van der Waals surface area contributed by atoms with E-state index in [9.17, 15) is 19.1 Å². The van der Waals surface area contributed by atoms with E-state index in [4.69, 9.17) is 4.74 Å². The fourth-order valence-electron chi connectivity index (χ4n) is 3.25. The number of benzene rings is 1. The molecule has 0 aliphatic carbocycles. The highest BCUT2D eigenvalue weighted by molar-refractivity contribution is 5.85. The Balaban J connectivity index is 0.00000392. The maximum absolute atomic E-state index is 12.9. The molecule has 0 spiro atoms. The second kappa shape index (κ2) is 12.4. The number of carbonyl (C=O) groups is 2. The molecule has 2 amide bonds. The summed E-state index contributed by atoms with van der Waals surface area (Å²) in [5, 5.41) is 12.0. The van der Waals surface area contributed by atoms with Crippen molar-refractivity contribution in [3.63, 3.8) is 0 Å². The van der Waals surface area contributed by atoms with E-state index in [1.165, 1.54) is 12.1 Å². The predicted molar refractivity (Wildman–Crippen MR) is 107 cm³/mol. The Kier molecular flexibility index (Phi) is 10.6. The first-order valence-electron chi connectivity index (χ1n) is 9.36. The van der Waals surface area contributed by atoms with Crippen LogP contribution in [0.4, 0.5) is 9.18 Å². The first-order chi connectivity index (χ1) is 13.0. The first-order valence-corrected chi connectivity index (χ1v) is 9.36. The zero-order chi connectivity index (χ0) is 19.6. The standard InChI is InChI=1S/C19H28FN3O4.ClH/c1-2-21-19(26)22-11-8-16(9-12-22)23(14-18(24)25)10-3-13-27-17-6-4-15(20)5-7-17;/h4-7,16H,2-3,8-14H2,1H3,(H,21,26)(H,24,25);1H. The van der Waals surface area contributed by atoms with Gasteiger partial charge in [-0.15, -0.1) is 12.4 Å². The Bertz CT molecular complexity index is 610. The number of halogens is 2. The maximum Gasteiger partial charge on any atom is 0.317 e. The van der Waals surface area contributed by atoms with Crippen LogP contribution < -0.4 is 10.1 Å². The summed E-state index contributed by atoms with van der Waals surface area (Å²) in [4.78, 5) is 26.8. The number of amides is 2. The van der Waals surface area contributed by atoms with Crippen LogP contribution in [0.1, 0.15) is 26.2 Å². The molecule has 0 radical (unpaired) electrons. The van der Waals surface area contributed by atoms with Crippen molar-refractivity contribution < 1.29 is 23.8 Å². The number of carboxylic acids is 1. The number of urea groups is 1. The zero-order valence-corrected chi connectivity index (χ0v) is 16.9. The highest BCUT2D eigenvalue weighted by Gasteiger charge is 2.27. The topological polar surface area (TPSA) is 82.1 Å². The molecule has 0 bridgehead atoms. The minimum atomic E-state index is -0.861. The highest BCUT2D eigenvalue weighted by atomic mass is 35.5. The van der Waals surface area contributed by atoms with Crippen molar-refractivity contribution >= 4 is 24.4 Å². The van der Waals surface area contributed by atoms with Gasteiger partial charge in [-0.25, -0.2) is 9.18 Å². The average molecular weight is 418 g/mol. The van der Waals surface area contributed by atoms with Crippen LogP contribution in [0.15, 0.2) is 24.3 Å². The van der Waals surface area contributed by atoms with Crippen LogP contribution in [0.5, 0.6) is 5.75 Å². The molecule has 158 valence electrons. The molecular weight excluding hydrogens is 389 g/mol. The highest BCUT2D eigenvalue weighted by Crippen LogP contribution is 2.17. The number of aliphatic carboxylic acids is 1. The molecule has 2 N–H and O–H groups in total. The van der Waals surface area contributed by atoms with Gasteiger partial charge in [0.25, 0.3) is 0 Å². The number of rotatable bonds is 9. The Morgan fingerprint density at radius 2 is 1.93 bits per heavy atom. The summed E-state index contributed by atoms with van der Waals surface area (Å²) in [5.74, 6) is -0.578. The lowest BCUT2D eigenvalue weighted by Gasteiger charge is -2.37. The normalized spacial score (nSPS) is 14.5. The Morgan fingerprint density at radius 1 is 1.29 bits per heavy atom. The lowest BCUT2D eigenvalue weighted by Crippen LogP contribution is -2.50. The Labute approximate surface area is 171 Å². The number of carboxylic acid groups (broad SMARTS) is 1. The monoisotopic (exact) mass is 417 g/mol. The van der Waals surface area contributed by atoms with Gasteiger partial charge in [0.1, 0.15) is 11.6 Å². The van der Waals surface area contributed by atoms with Crippen LogP contribution in [-0.2, 0) is 4.79 Å². The second-order valence-corrected chi connectivity index (χ2v) is 6.57. The molecule has 0 saturated carbocycles. The predicted octanol–water partition coefficient (Wildman–Crippen LogP) is 2.60. The van der Waals surface area contributed by atoms with Crippen molar-refractivity contribution in [3.8, 4) is 5.75 Å². The molecule has 1 aliphatic rings. The molecule has 1 aliphatic heterocycles. The molecule has 0 atom stereocenters. The lowest BCUT2D eigenvalue weighted by molar-refractivity contribution is -0.139. The quantitative estimate of drug-likeness (QED) is 0.603. The van der Waals surface area contributed by atoms with Crippen LogP contribution >= 0.6 is 12.4 Å². The minimum Gasteiger partial charge on any atom is -0.494 e.